The lowest BCUT2D eigenvalue weighted by Crippen LogP contribution is -2.50. The molecular weight excluding hydrogens is 354 g/mol. The van der Waals surface area contributed by atoms with E-state index >= 15 is 0 Å². The fraction of sp³-hybridized carbons (Fsp3) is 0.389. The number of amides is 2. The van der Waals surface area contributed by atoms with Gasteiger partial charge >= 0.3 is 6.03 Å². The number of nitrogens with zero attached hydrogens (tertiary/aromatic N) is 4. The highest BCUT2D eigenvalue weighted by atomic mass is 35.5. The number of anilines is 2. The number of rotatable bonds is 4. The maximum absolute atomic E-state index is 12.4. The average Bonchev–Trinajstić information content (AvgIpc) is 2.63. The predicted molar refractivity (Wildman–Crippen MR) is 102 cm³/mol. The van der Waals surface area contributed by atoms with Gasteiger partial charge in [0.15, 0.2) is 0 Å². The molecular formula is C18H22ClN5O2. The summed E-state index contributed by atoms with van der Waals surface area (Å²) in [5.41, 5.74) is 0.731. The van der Waals surface area contributed by atoms with Crippen molar-refractivity contribution in [2.24, 2.45) is 0 Å². The molecule has 1 aliphatic rings. The molecule has 0 atom stereocenters. The zero-order valence-electron chi connectivity index (χ0n) is 14.9. The predicted octanol–water partition coefficient (Wildman–Crippen LogP) is 3.19. The third kappa shape index (κ3) is 4.54. The van der Waals surface area contributed by atoms with Crippen LogP contribution in [-0.4, -0.2) is 53.7 Å². The Morgan fingerprint density at radius 3 is 2.54 bits per heavy atom. The summed E-state index contributed by atoms with van der Waals surface area (Å²) in [5.74, 6) is 2.09. The number of hydrogen-bond donors (Lipinski definition) is 1. The van der Waals surface area contributed by atoms with Gasteiger partial charge in [-0.3, -0.25) is 0 Å². The molecule has 2 aromatic rings. The van der Waals surface area contributed by atoms with E-state index in [2.05, 4.69) is 20.2 Å². The van der Waals surface area contributed by atoms with Gasteiger partial charge in [-0.25, -0.2) is 9.78 Å². The fourth-order valence-corrected chi connectivity index (χ4v) is 2.91. The van der Waals surface area contributed by atoms with E-state index < -0.39 is 0 Å². The molecule has 7 nitrogen and oxygen atoms in total. The van der Waals surface area contributed by atoms with Crippen LogP contribution in [-0.2, 0) is 0 Å². The van der Waals surface area contributed by atoms with Crippen molar-refractivity contribution in [1.29, 1.82) is 0 Å². The summed E-state index contributed by atoms with van der Waals surface area (Å²) in [6.45, 7) is 6.98. The molecule has 0 spiro atoms. The van der Waals surface area contributed by atoms with Crippen LogP contribution in [0.1, 0.15) is 12.7 Å². The van der Waals surface area contributed by atoms with Crippen LogP contribution in [0, 0.1) is 6.92 Å². The minimum absolute atomic E-state index is 0.110. The van der Waals surface area contributed by atoms with E-state index in [1.807, 2.05) is 19.9 Å². The third-order valence-electron chi connectivity index (χ3n) is 4.08. The number of halogens is 1. The minimum Gasteiger partial charge on any atom is -0.478 e. The second kappa shape index (κ2) is 8.23. The largest absolute Gasteiger partial charge is 0.478 e. The normalized spacial score (nSPS) is 14.3. The Balaban J connectivity index is 1.58. The second-order valence-electron chi connectivity index (χ2n) is 5.96. The summed E-state index contributed by atoms with van der Waals surface area (Å²) in [5, 5.41) is 3.53. The summed E-state index contributed by atoms with van der Waals surface area (Å²) < 4.78 is 5.49. The Morgan fingerprint density at radius 2 is 1.88 bits per heavy atom. The van der Waals surface area contributed by atoms with E-state index in [-0.39, 0.29) is 6.03 Å². The molecule has 0 saturated carbocycles. The monoisotopic (exact) mass is 375 g/mol. The van der Waals surface area contributed by atoms with Crippen molar-refractivity contribution in [3.63, 3.8) is 0 Å². The van der Waals surface area contributed by atoms with Crippen LogP contribution in [0.25, 0.3) is 0 Å². The molecule has 0 unspecified atom stereocenters. The van der Waals surface area contributed by atoms with Gasteiger partial charge in [0.1, 0.15) is 11.6 Å². The van der Waals surface area contributed by atoms with E-state index in [4.69, 9.17) is 16.3 Å². The standard InChI is InChI=1S/C18H22ClN5O2/c1-3-26-17-12-16(20-13(2)21-17)23-8-10-24(11-9-23)18(25)22-15-6-4-14(19)5-7-15/h4-7,12H,3,8-11H2,1-2H3,(H,22,25). The molecule has 3 rings (SSSR count). The highest BCUT2D eigenvalue weighted by Crippen LogP contribution is 2.20. The SMILES string of the molecule is CCOc1cc(N2CCN(C(=O)Nc3ccc(Cl)cc3)CC2)nc(C)n1. The number of nitrogens with one attached hydrogen (secondary N) is 1. The molecule has 1 aliphatic heterocycles. The van der Waals surface area contributed by atoms with Gasteiger partial charge in [0.05, 0.1) is 6.61 Å². The molecule has 2 heterocycles. The molecule has 26 heavy (non-hydrogen) atoms. The van der Waals surface area contributed by atoms with Gasteiger partial charge in [-0.05, 0) is 38.1 Å². The Kier molecular flexibility index (Phi) is 5.78. The van der Waals surface area contributed by atoms with Crippen LogP contribution in [0.15, 0.2) is 30.3 Å². The first kappa shape index (κ1) is 18.3. The van der Waals surface area contributed by atoms with Crippen LogP contribution in [0.3, 0.4) is 0 Å². The molecule has 0 aliphatic carbocycles. The lowest BCUT2D eigenvalue weighted by molar-refractivity contribution is 0.208. The fourth-order valence-electron chi connectivity index (χ4n) is 2.78. The van der Waals surface area contributed by atoms with E-state index in [1.54, 1.807) is 29.2 Å². The maximum Gasteiger partial charge on any atom is 0.321 e. The quantitative estimate of drug-likeness (QED) is 0.888. The van der Waals surface area contributed by atoms with Crippen LogP contribution in [0.5, 0.6) is 5.88 Å². The third-order valence-corrected chi connectivity index (χ3v) is 4.33. The molecule has 8 heteroatoms. The number of aromatic nitrogens is 2. The van der Waals surface area contributed by atoms with Crippen LogP contribution < -0.4 is 15.0 Å². The van der Waals surface area contributed by atoms with Gasteiger partial charge < -0.3 is 19.9 Å². The Morgan fingerprint density at radius 1 is 1.19 bits per heavy atom. The van der Waals surface area contributed by atoms with Gasteiger partial charge in [-0.1, -0.05) is 11.6 Å². The summed E-state index contributed by atoms with van der Waals surface area (Å²) in [4.78, 5) is 25.1. The van der Waals surface area contributed by atoms with Gasteiger partial charge in [-0.15, -0.1) is 0 Å². The molecule has 1 N–H and O–H groups in total. The number of carbonyl (C=O) groups is 1. The highest BCUT2D eigenvalue weighted by molar-refractivity contribution is 6.30. The summed E-state index contributed by atoms with van der Waals surface area (Å²) in [6.07, 6.45) is 0. The van der Waals surface area contributed by atoms with Crippen molar-refractivity contribution in [2.75, 3.05) is 43.0 Å². The smallest absolute Gasteiger partial charge is 0.321 e. The first-order valence-corrected chi connectivity index (χ1v) is 8.98. The van der Waals surface area contributed by atoms with Gasteiger partial charge in [-0.2, -0.15) is 4.98 Å². The summed E-state index contributed by atoms with van der Waals surface area (Å²) >= 11 is 5.87. The molecule has 1 aromatic carbocycles. The van der Waals surface area contributed by atoms with E-state index in [0.717, 1.165) is 11.5 Å². The molecule has 1 saturated heterocycles. The van der Waals surface area contributed by atoms with Crippen LogP contribution in [0.4, 0.5) is 16.3 Å². The first-order chi connectivity index (χ1) is 12.5. The van der Waals surface area contributed by atoms with Crippen molar-refractivity contribution in [3.8, 4) is 5.88 Å². The van der Waals surface area contributed by atoms with Crippen molar-refractivity contribution in [3.05, 3.63) is 41.2 Å². The maximum atomic E-state index is 12.4. The molecule has 138 valence electrons. The summed E-state index contributed by atoms with van der Waals surface area (Å²) in [6, 6.07) is 8.82. The zero-order chi connectivity index (χ0) is 18.5. The first-order valence-electron chi connectivity index (χ1n) is 8.60. The summed E-state index contributed by atoms with van der Waals surface area (Å²) in [7, 11) is 0. The van der Waals surface area contributed by atoms with Crippen molar-refractivity contribution in [1.82, 2.24) is 14.9 Å². The number of benzene rings is 1. The Hall–Kier alpha value is -2.54. The van der Waals surface area contributed by atoms with Gasteiger partial charge in [0.2, 0.25) is 5.88 Å². The lowest BCUT2D eigenvalue weighted by Gasteiger charge is -2.35. The number of piperazine rings is 1. The molecule has 2 amide bonds. The van der Waals surface area contributed by atoms with Crippen molar-refractivity contribution in [2.45, 2.75) is 13.8 Å². The van der Waals surface area contributed by atoms with Crippen molar-refractivity contribution < 1.29 is 9.53 Å². The minimum atomic E-state index is -0.110. The number of hydrogen-bond acceptors (Lipinski definition) is 5. The second-order valence-corrected chi connectivity index (χ2v) is 6.39. The topological polar surface area (TPSA) is 70.6 Å². The molecule has 0 bridgehead atoms. The van der Waals surface area contributed by atoms with Crippen molar-refractivity contribution >= 4 is 29.1 Å². The Bertz CT molecular complexity index is 761. The van der Waals surface area contributed by atoms with E-state index in [0.29, 0.717) is 49.5 Å². The number of aryl methyl sites for hydroxylation is 1. The van der Waals surface area contributed by atoms with Gasteiger partial charge in [0.25, 0.3) is 0 Å². The molecule has 0 radical (unpaired) electrons. The van der Waals surface area contributed by atoms with Crippen LogP contribution in [0.2, 0.25) is 5.02 Å². The van der Waals surface area contributed by atoms with E-state index in [1.165, 1.54) is 0 Å². The number of carbonyl (C=O) groups excluding carboxylic acids is 1. The lowest BCUT2D eigenvalue weighted by atomic mass is 10.3. The zero-order valence-corrected chi connectivity index (χ0v) is 15.7. The van der Waals surface area contributed by atoms with Crippen LogP contribution >= 0.6 is 11.6 Å². The van der Waals surface area contributed by atoms with E-state index in [9.17, 15) is 4.79 Å². The average molecular weight is 376 g/mol. The molecule has 1 aromatic heterocycles. The Labute approximate surface area is 157 Å². The number of urea groups is 1. The highest BCUT2D eigenvalue weighted by Gasteiger charge is 2.22. The van der Waals surface area contributed by atoms with Gasteiger partial charge in [0, 0.05) is 43.0 Å². The number of ether oxygens (including phenoxy) is 1. The molecule has 1 fully saturated rings.